The van der Waals surface area contributed by atoms with Crippen molar-refractivity contribution in [3.8, 4) is 17.1 Å². The molecular formula is C24H21F3N4O4. The van der Waals surface area contributed by atoms with Gasteiger partial charge < -0.3 is 19.1 Å². The number of benzene rings is 1. The highest BCUT2D eigenvalue weighted by Crippen LogP contribution is 2.29. The van der Waals surface area contributed by atoms with E-state index in [4.69, 9.17) is 14.6 Å². The fourth-order valence-electron chi connectivity index (χ4n) is 3.51. The van der Waals surface area contributed by atoms with E-state index in [0.717, 1.165) is 23.2 Å². The maximum Gasteiger partial charge on any atom is 0.433 e. The van der Waals surface area contributed by atoms with Crippen LogP contribution >= 0.6 is 0 Å². The number of halogens is 3. The molecule has 0 radical (unpaired) electrons. The van der Waals surface area contributed by atoms with Gasteiger partial charge >= 0.3 is 12.1 Å². The van der Waals surface area contributed by atoms with Crippen molar-refractivity contribution in [2.45, 2.75) is 25.7 Å². The minimum absolute atomic E-state index is 0.135. The first-order valence-corrected chi connectivity index (χ1v) is 10.6. The zero-order chi connectivity index (χ0) is 25.0. The molecule has 1 N–H and O–H groups in total. The summed E-state index contributed by atoms with van der Waals surface area (Å²) in [5.41, 5.74) is 1.41. The summed E-state index contributed by atoms with van der Waals surface area (Å²) < 4.78 is 51.1. The molecule has 0 saturated heterocycles. The largest absolute Gasteiger partial charge is 0.489 e. The number of nitrogens with zero attached hydrogens (tertiary/aromatic N) is 4. The third kappa shape index (κ3) is 5.75. The molecule has 0 aliphatic carbocycles. The zero-order valence-corrected chi connectivity index (χ0v) is 18.6. The molecule has 3 aromatic heterocycles. The molecule has 4 aromatic rings. The quantitative estimate of drug-likeness (QED) is 0.375. The predicted octanol–water partition coefficient (Wildman–Crippen LogP) is 4.36. The van der Waals surface area contributed by atoms with Crippen molar-refractivity contribution >= 4 is 16.9 Å². The van der Waals surface area contributed by atoms with Crippen LogP contribution in [-0.4, -0.2) is 44.3 Å². The molecular weight excluding hydrogens is 465 g/mol. The van der Waals surface area contributed by atoms with E-state index in [1.165, 1.54) is 6.07 Å². The van der Waals surface area contributed by atoms with Crippen LogP contribution in [0.15, 0.2) is 55.0 Å². The lowest BCUT2D eigenvalue weighted by Gasteiger charge is -2.12. The molecule has 0 spiro atoms. The molecule has 4 rings (SSSR count). The highest BCUT2D eigenvalue weighted by Gasteiger charge is 2.32. The minimum Gasteiger partial charge on any atom is -0.489 e. The van der Waals surface area contributed by atoms with E-state index in [1.54, 1.807) is 36.2 Å². The second kappa shape index (κ2) is 10.1. The van der Waals surface area contributed by atoms with E-state index >= 15 is 0 Å². The minimum atomic E-state index is -4.53. The van der Waals surface area contributed by atoms with Gasteiger partial charge in [0.25, 0.3) is 0 Å². The van der Waals surface area contributed by atoms with Crippen LogP contribution in [0.25, 0.3) is 22.3 Å². The lowest BCUT2D eigenvalue weighted by Crippen LogP contribution is -2.09. The standard InChI is InChI=1S/C24H21F3N4O4/c1-34-9-7-19-17(12-29-23(30-19)16-3-5-21(28-11-16)24(25,26)27)14-35-18-4-2-15-6-8-31(13-22(32)33)20(15)10-18/h2-6,8,10-12H,7,9,13-14H2,1H3,(H,32,33). The van der Waals surface area contributed by atoms with E-state index in [-0.39, 0.29) is 19.0 Å². The van der Waals surface area contributed by atoms with E-state index < -0.39 is 17.8 Å². The van der Waals surface area contributed by atoms with Gasteiger partial charge in [0.05, 0.1) is 17.8 Å². The van der Waals surface area contributed by atoms with Crippen molar-refractivity contribution in [1.29, 1.82) is 0 Å². The summed E-state index contributed by atoms with van der Waals surface area (Å²) in [7, 11) is 1.56. The Morgan fingerprint density at radius 1 is 1.11 bits per heavy atom. The zero-order valence-electron chi connectivity index (χ0n) is 18.6. The molecule has 0 aliphatic heterocycles. The van der Waals surface area contributed by atoms with Gasteiger partial charge in [0.15, 0.2) is 5.82 Å². The summed E-state index contributed by atoms with van der Waals surface area (Å²) in [6.45, 7) is 0.349. The fraction of sp³-hybridized carbons (Fsp3) is 0.250. The van der Waals surface area contributed by atoms with Crippen molar-refractivity contribution < 1.29 is 32.5 Å². The summed E-state index contributed by atoms with van der Waals surface area (Å²) in [5.74, 6) is -0.164. The molecule has 11 heteroatoms. The maximum atomic E-state index is 12.8. The van der Waals surface area contributed by atoms with Gasteiger partial charge in [0, 0.05) is 49.3 Å². The third-order valence-electron chi connectivity index (χ3n) is 5.25. The second-order valence-corrected chi connectivity index (χ2v) is 7.68. The van der Waals surface area contributed by atoms with Gasteiger partial charge in [-0.2, -0.15) is 13.2 Å². The lowest BCUT2D eigenvalue weighted by molar-refractivity contribution is -0.141. The van der Waals surface area contributed by atoms with Crippen molar-refractivity contribution in [1.82, 2.24) is 19.5 Å². The monoisotopic (exact) mass is 486 g/mol. The van der Waals surface area contributed by atoms with E-state index in [1.807, 2.05) is 12.1 Å². The number of carbonyl (C=O) groups is 1. The van der Waals surface area contributed by atoms with Crippen LogP contribution in [-0.2, 0) is 35.3 Å². The molecule has 0 fully saturated rings. The average Bonchev–Trinajstić information content (AvgIpc) is 3.22. The number of fused-ring (bicyclic) bond motifs is 1. The predicted molar refractivity (Wildman–Crippen MR) is 120 cm³/mol. The first-order chi connectivity index (χ1) is 16.7. The first kappa shape index (κ1) is 24.1. The number of carboxylic acids is 1. The number of methoxy groups -OCH3 is 1. The lowest BCUT2D eigenvalue weighted by atomic mass is 10.1. The smallest absolute Gasteiger partial charge is 0.433 e. The Morgan fingerprint density at radius 2 is 1.94 bits per heavy atom. The number of hydrogen-bond acceptors (Lipinski definition) is 6. The van der Waals surface area contributed by atoms with E-state index in [9.17, 15) is 18.0 Å². The number of aromatic nitrogens is 4. The second-order valence-electron chi connectivity index (χ2n) is 7.68. The molecule has 35 heavy (non-hydrogen) atoms. The molecule has 8 nitrogen and oxygen atoms in total. The van der Waals surface area contributed by atoms with Crippen molar-refractivity contribution in [2.24, 2.45) is 0 Å². The number of alkyl halides is 3. The van der Waals surface area contributed by atoms with Gasteiger partial charge in [-0.1, -0.05) is 0 Å². The Labute approximate surface area is 198 Å². The van der Waals surface area contributed by atoms with Gasteiger partial charge in [-0.25, -0.2) is 9.97 Å². The molecule has 1 aromatic carbocycles. The summed E-state index contributed by atoms with van der Waals surface area (Å²) in [4.78, 5) is 23.4. The van der Waals surface area contributed by atoms with Crippen LogP contribution in [0.2, 0.25) is 0 Å². The van der Waals surface area contributed by atoms with Crippen molar-refractivity contribution in [3.05, 3.63) is 71.9 Å². The van der Waals surface area contributed by atoms with Crippen LogP contribution in [0, 0.1) is 0 Å². The summed E-state index contributed by atoms with van der Waals surface area (Å²) in [6.07, 6.45) is 0.280. The van der Waals surface area contributed by atoms with Crippen molar-refractivity contribution in [3.63, 3.8) is 0 Å². The summed E-state index contributed by atoms with van der Waals surface area (Å²) in [5, 5.41) is 9.98. The highest BCUT2D eigenvalue weighted by molar-refractivity contribution is 5.83. The number of pyridine rings is 1. The molecule has 3 heterocycles. The molecule has 0 amide bonds. The van der Waals surface area contributed by atoms with Crippen LogP contribution in [0.5, 0.6) is 5.75 Å². The summed E-state index contributed by atoms with van der Waals surface area (Å²) in [6, 6.07) is 9.38. The highest BCUT2D eigenvalue weighted by atomic mass is 19.4. The first-order valence-electron chi connectivity index (χ1n) is 10.6. The number of carboxylic acid groups (broad SMARTS) is 1. The van der Waals surface area contributed by atoms with Gasteiger partial charge in [0.2, 0.25) is 0 Å². The van der Waals surface area contributed by atoms with Gasteiger partial charge in [-0.3, -0.25) is 9.78 Å². The van der Waals surface area contributed by atoms with Crippen LogP contribution in [0.3, 0.4) is 0 Å². The Hall–Kier alpha value is -3.99. The number of hydrogen-bond donors (Lipinski definition) is 1. The van der Waals surface area contributed by atoms with Crippen molar-refractivity contribution in [2.75, 3.05) is 13.7 Å². The van der Waals surface area contributed by atoms with Crippen LogP contribution in [0.1, 0.15) is 17.0 Å². The number of aliphatic carboxylic acids is 1. The fourth-order valence-corrected chi connectivity index (χ4v) is 3.51. The SMILES string of the molecule is COCCc1nc(-c2ccc(C(F)(F)F)nc2)ncc1COc1ccc2ccn(CC(=O)O)c2c1. The Morgan fingerprint density at radius 3 is 2.63 bits per heavy atom. The Bertz CT molecular complexity index is 1340. The van der Waals surface area contributed by atoms with E-state index in [2.05, 4.69) is 15.0 Å². The molecule has 182 valence electrons. The topological polar surface area (TPSA) is 99.4 Å². The maximum absolute atomic E-state index is 12.8. The Kier molecular flexibility index (Phi) is 6.97. The van der Waals surface area contributed by atoms with E-state index in [0.29, 0.717) is 35.6 Å². The normalized spacial score (nSPS) is 11.7. The average molecular weight is 486 g/mol. The van der Waals surface area contributed by atoms with Crippen LogP contribution < -0.4 is 4.74 Å². The van der Waals surface area contributed by atoms with Crippen LogP contribution in [0.4, 0.5) is 13.2 Å². The number of ether oxygens (including phenoxy) is 2. The number of rotatable bonds is 9. The summed E-state index contributed by atoms with van der Waals surface area (Å²) >= 11 is 0. The molecule has 0 aliphatic rings. The molecule has 0 unspecified atom stereocenters. The molecule has 0 saturated carbocycles. The van der Waals surface area contributed by atoms with Gasteiger partial charge in [-0.15, -0.1) is 0 Å². The Balaban J connectivity index is 1.56. The van der Waals surface area contributed by atoms with Gasteiger partial charge in [0.1, 0.15) is 24.6 Å². The molecule has 0 bridgehead atoms. The molecule has 0 atom stereocenters. The van der Waals surface area contributed by atoms with Gasteiger partial charge in [-0.05, 0) is 35.7 Å². The third-order valence-corrected chi connectivity index (χ3v) is 5.25.